The monoisotopic (exact) mass is 405 g/mol. The maximum Gasteiger partial charge on any atom is 0.257 e. The van der Waals surface area contributed by atoms with E-state index in [9.17, 15) is 9.90 Å². The van der Waals surface area contributed by atoms with Crippen molar-refractivity contribution in [3.8, 4) is 28.5 Å². The summed E-state index contributed by atoms with van der Waals surface area (Å²) >= 11 is 0. The van der Waals surface area contributed by atoms with Crippen LogP contribution in [0.1, 0.15) is 28.8 Å². The van der Waals surface area contributed by atoms with Crippen molar-refractivity contribution in [3.05, 3.63) is 59.8 Å². The summed E-state index contributed by atoms with van der Waals surface area (Å²) in [4.78, 5) is 15.0. The zero-order valence-electron chi connectivity index (χ0n) is 17.0. The van der Waals surface area contributed by atoms with Crippen molar-refractivity contribution >= 4 is 5.91 Å². The van der Waals surface area contributed by atoms with Gasteiger partial charge in [0.05, 0.1) is 24.6 Å². The van der Waals surface area contributed by atoms with Gasteiger partial charge in [0.1, 0.15) is 22.8 Å². The van der Waals surface area contributed by atoms with E-state index in [0.29, 0.717) is 37.2 Å². The van der Waals surface area contributed by atoms with Crippen molar-refractivity contribution in [1.29, 1.82) is 0 Å². The minimum absolute atomic E-state index is 0.0326. The number of phenolic OH excluding ortho intramolecular Hbond substituents is 1. The summed E-state index contributed by atoms with van der Waals surface area (Å²) in [5.74, 6) is 1.47. The molecule has 0 radical (unpaired) electrons. The summed E-state index contributed by atoms with van der Waals surface area (Å²) in [6.07, 6.45) is 3.17. The number of rotatable bonds is 2. The zero-order valence-corrected chi connectivity index (χ0v) is 17.0. The molecule has 2 aliphatic heterocycles. The maximum atomic E-state index is 13.1. The molecule has 0 aliphatic carbocycles. The summed E-state index contributed by atoms with van der Waals surface area (Å²) < 4.78 is 13.7. The summed E-state index contributed by atoms with van der Waals surface area (Å²) in [6, 6.07) is 12.4. The standard InChI is InChI=1S/C23H23N3O4/c1-25-21-17-13-15(27)7-8-20(17)30-23(18(21)14-24-25)9-11-26(12-10-23)22(28)16-5-3-4-6-19(16)29-2/h3-8,13-14,27H,9-12H2,1-2H3. The molecule has 2 aliphatic rings. The van der Waals surface area contributed by atoms with Gasteiger partial charge < -0.3 is 19.5 Å². The van der Waals surface area contributed by atoms with Crippen LogP contribution in [-0.4, -0.2) is 45.9 Å². The van der Waals surface area contributed by atoms with Crippen LogP contribution in [0.3, 0.4) is 0 Å². The molecule has 1 saturated heterocycles. The number of piperidine rings is 1. The molecule has 1 aromatic heterocycles. The smallest absolute Gasteiger partial charge is 0.257 e. The number of aryl methyl sites for hydroxylation is 1. The van der Waals surface area contributed by atoms with Crippen LogP contribution in [0, 0.1) is 0 Å². The number of carbonyl (C=O) groups is 1. The third-order valence-corrected chi connectivity index (χ3v) is 6.15. The predicted octanol–water partition coefficient (Wildman–Crippen LogP) is 3.33. The van der Waals surface area contributed by atoms with Crippen molar-refractivity contribution in [3.63, 3.8) is 0 Å². The number of amides is 1. The Morgan fingerprint density at radius 2 is 1.97 bits per heavy atom. The molecule has 30 heavy (non-hydrogen) atoms. The summed E-state index contributed by atoms with van der Waals surface area (Å²) in [7, 11) is 3.47. The highest BCUT2D eigenvalue weighted by molar-refractivity contribution is 5.97. The van der Waals surface area contributed by atoms with Crippen LogP contribution in [0.2, 0.25) is 0 Å². The van der Waals surface area contributed by atoms with Crippen LogP contribution in [0.15, 0.2) is 48.7 Å². The molecule has 0 bridgehead atoms. The molecule has 2 aromatic carbocycles. The van der Waals surface area contributed by atoms with Crippen LogP contribution in [0.25, 0.3) is 11.3 Å². The minimum Gasteiger partial charge on any atom is -0.508 e. The molecule has 1 fully saturated rings. The maximum absolute atomic E-state index is 13.1. The van der Waals surface area contributed by atoms with Crippen molar-refractivity contribution in [2.75, 3.05) is 20.2 Å². The fraction of sp³-hybridized carbons (Fsp3) is 0.304. The highest BCUT2D eigenvalue weighted by atomic mass is 16.5. The van der Waals surface area contributed by atoms with E-state index in [-0.39, 0.29) is 11.7 Å². The Balaban J connectivity index is 1.45. The topological polar surface area (TPSA) is 76.8 Å². The zero-order chi connectivity index (χ0) is 20.9. The molecule has 154 valence electrons. The Morgan fingerprint density at radius 1 is 1.20 bits per heavy atom. The molecule has 0 saturated carbocycles. The van der Waals surface area contributed by atoms with Gasteiger partial charge in [0, 0.05) is 44.1 Å². The Labute approximate surface area is 174 Å². The number of phenols is 1. The van der Waals surface area contributed by atoms with Crippen LogP contribution >= 0.6 is 0 Å². The number of para-hydroxylation sites is 1. The highest BCUT2D eigenvalue weighted by Crippen LogP contribution is 2.50. The molecular weight excluding hydrogens is 382 g/mol. The number of aromatic hydroxyl groups is 1. The van der Waals surface area contributed by atoms with Gasteiger partial charge in [0.2, 0.25) is 0 Å². The van der Waals surface area contributed by atoms with Gasteiger partial charge in [-0.25, -0.2) is 0 Å². The first-order valence-electron chi connectivity index (χ1n) is 9.99. The number of likely N-dealkylation sites (tertiary alicyclic amines) is 1. The number of fused-ring (bicyclic) bond motifs is 4. The van der Waals surface area contributed by atoms with Gasteiger partial charge in [-0.2, -0.15) is 5.10 Å². The number of hydrogen-bond acceptors (Lipinski definition) is 5. The number of methoxy groups -OCH3 is 1. The first kappa shape index (κ1) is 18.5. The number of carbonyl (C=O) groups excluding carboxylic acids is 1. The van der Waals surface area contributed by atoms with Gasteiger partial charge in [0.25, 0.3) is 5.91 Å². The SMILES string of the molecule is COc1ccccc1C(=O)N1CCC2(CC1)Oc1ccc(O)cc1-c1c2cnn1C. The lowest BCUT2D eigenvalue weighted by Gasteiger charge is -2.44. The van der Waals surface area contributed by atoms with Crippen molar-refractivity contribution < 1.29 is 19.4 Å². The molecule has 3 aromatic rings. The Bertz CT molecular complexity index is 1130. The lowest BCUT2D eigenvalue weighted by molar-refractivity contribution is -0.00184. The van der Waals surface area contributed by atoms with Crippen molar-refractivity contribution in [2.24, 2.45) is 7.05 Å². The molecule has 1 spiro atoms. The third-order valence-electron chi connectivity index (χ3n) is 6.15. The first-order valence-corrected chi connectivity index (χ1v) is 9.99. The van der Waals surface area contributed by atoms with Crippen molar-refractivity contribution in [2.45, 2.75) is 18.4 Å². The Morgan fingerprint density at radius 3 is 2.73 bits per heavy atom. The van der Waals surface area contributed by atoms with E-state index in [0.717, 1.165) is 22.6 Å². The number of hydrogen-bond donors (Lipinski definition) is 1. The summed E-state index contributed by atoms with van der Waals surface area (Å²) in [6.45, 7) is 1.14. The quantitative estimate of drug-likeness (QED) is 0.708. The first-order chi connectivity index (χ1) is 14.5. The second kappa shape index (κ2) is 6.79. The van der Waals surface area contributed by atoms with Gasteiger partial charge in [-0.1, -0.05) is 12.1 Å². The normalized spacial score (nSPS) is 16.5. The Kier molecular flexibility index (Phi) is 4.20. The molecule has 7 heteroatoms. The molecule has 1 N–H and O–H groups in total. The van der Waals surface area contributed by atoms with E-state index in [1.165, 1.54) is 0 Å². The minimum atomic E-state index is -0.537. The molecule has 0 unspecified atom stereocenters. The van der Waals surface area contributed by atoms with E-state index in [1.54, 1.807) is 37.4 Å². The second-order valence-electron chi connectivity index (χ2n) is 7.80. The van der Waals surface area contributed by atoms with E-state index >= 15 is 0 Å². The van der Waals surface area contributed by atoms with Crippen LogP contribution in [0.5, 0.6) is 17.2 Å². The van der Waals surface area contributed by atoms with Crippen LogP contribution in [0.4, 0.5) is 0 Å². The summed E-state index contributed by atoms with van der Waals surface area (Å²) in [5.41, 5.74) is 2.83. The average Bonchev–Trinajstić information content (AvgIpc) is 3.17. The highest BCUT2D eigenvalue weighted by Gasteiger charge is 2.46. The van der Waals surface area contributed by atoms with Crippen molar-refractivity contribution in [1.82, 2.24) is 14.7 Å². The molecule has 3 heterocycles. The second-order valence-corrected chi connectivity index (χ2v) is 7.80. The fourth-order valence-corrected chi connectivity index (χ4v) is 4.58. The van der Waals surface area contributed by atoms with Crippen LogP contribution < -0.4 is 9.47 Å². The van der Waals surface area contributed by atoms with Gasteiger partial charge >= 0.3 is 0 Å². The van der Waals surface area contributed by atoms with E-state index in [2.05, 4.69) is 5.10 Å². The lowest BCUT2D eigenvalue weighted by Crippen LogP contribution is -2.49. The molecule has 7 nitrogen and oxygen atoms in total. The van der Waals surface area contributed by atoms with Gasteiger partial charge in [-0.05, 0) is 30.3 Å². The molecule has 1 amide bonds. The van der Waals surface area contributed by atoms with E-state index in [1.807, 2.05) is 35.0 Å². The molecular formula is C23H23N3O4. The number of benzene rings is 2. The third kappa shape index (κ3) is 2.73. The average molecular weight is 405 g/mol. The van der Waals surface area contributed by atoms with Gasteiger partial charge in [-0.15, -0.1) is 0 Å². The van der Waals surface area contributed by atoms with Crippen LogP contribution in [-0.2, 0) is 12.6 Å². The number of aromatic nitrogens is 2. The summed E-state index contributed by atoms with van der Waals surface area (Å²) in [5, 5.41) is 14.4. The number of ether oxygens (including phenoxy) is 2. The Hall–Kier alpha value is -3.48. The largest absolute Gasteiger partial charge is 0.508 e. The van der Waals surface area contributed by atoms with Gasteiger partial charge in [-0.3, -0.25) is 9.48 Å². The fourth-order valence-electron chi connectivity index (χ4n) is 4.58. The van der Waals surface area contributed by atoms with E-state index < -0.39 is 5.60 Å². The predicted molar refractivity (Wildman–Crippen MR) is 111 cm³/mol. The molecule has 0 atom stereocenters. The molecule has 5 rings (SSSR count). The van der Waals surface area contributed by atoms with E-state index in [4.69, 9.17) is 9.47 Å². The lowest BCUT2D eigenvalue weighted by atomic mass is 9.81. The van der Waals surface area contributed by atoms with Gasteiger partial charge in [0.15, 0.2) is 0 Å². The number of nitrogens with zero attached hydrogens (tertiary/aromatic N) is 3.